The number of fused-ring (bicyclic) bond motifs is 2. The van der Waals surface area contributed by atoms with Gasteiger partial charge in [-0.05, 0) is 29.8 Å². The van der Waals surface area contributed by atoms with Gasteiger partial charge in [-0.2, -0.15) is 0 Å². The van der Waals surface area contributed by atoms with Crippen molar-refractivity contribution >= 4 is 37.5 Å². The van der Waals surface area contributed by atoms with Gasteiger partial charge in [0.25, 0.3) is 21.5 Å². The molecule has 0 spiro atoms. The molecule has 0 atom stereocenters. The lowest BCUT2D eigenvalue weighted by atomic mass is 10.1. The second kappa shape index (κ2) is 7.10. The van der Waals surface area contributed by atoms with E-state index in [9.17, 15) is 22.4 Å². The predicted molar refractivity (Wildman–Crippen MR) is 114 cm³/mol. The Balaban J connectivity index is 1.49. The largest absolute Gasteiger partial charge is 0.297 e. The number of nitrogens with zero attached hydrogens (tertiary/aromatic N) is 3. The lowest BCUT2D eigenvalue weighted by Gasteiger charge is -2.15. The highest BCUT2D eigenvalue weighted by atomic mass is 32.2. The first-order valence-electron chi connectivity index (χ1n) is 9.26. The summed E-state index contributed by atoms with van der Waals surface area (Å²) >= 11 is 1.29. The van der Waals surface area contributed by atoms with Crippen molar-refractivity contribution in [1.29, 1.82) is 0 Å². The molecule has 0 aliphatic carbocycles. The first-order valence-corrected chi connectivity index (χ1v) is 11.6. The SMILES string of the molecule is O=C1c2ccccc2S(=O)(=O)N1CCn1cnc2scc(-c3ccc(F)cc3)c2c1=O. The van der Waals surface area contributed by atoms with Crippen LogP contribution < -0.4 is 5.56 Å². The molecule has 2 aromatic carbocycles. The van der Waals surface area contributed by atoms with E-state index < -0.39 is 15.9 Å². The van der Waals surface area contributed by atoms with E-state index in [0.29, 0.717) is 21.3 Å². The minimum absolute atomic E-state index is 0.0302. The van der Waals surface area contributed by atoms with Gasteiger partial charge < -0.3 is 0 Å². The van der Waals surface area contributed by atoms with Crippen LogP contribution in [0.2, 0.25) is 0 Å². The topological polar surface area (TPSA) is 89.3 Å². The number of hydrogen-bond donors (Lipinski definition) is 0. The van der Waals surface area contributed by atoms with Crippen molar-refractivity contribution in [3.8, 4) is 11.1 Å². The number of carbonyl (C=O) groups excluding carboxylic acids is 1. The molecule has 4 aromatic rings. The van der Waals surface area contributed by atoms with Crippen molar-refractivity contribution in [2.24, 2.45) is 0 Å². The van der Waals surface area contributed by atoms with Crippen LogP contribution in [0.3, 0.4) is 0 Å². The maximum absolute atomic E-state index is 13.3. The van der Waals surface area contributed by atoms with Gasteiger partial charge in [-0.25, -0.2) is 22.1 Å². The van der Waals surface area contributed by atoms with Gasteiger partial charge in [-0.1, -0.05) is 24.3 Å². The first-order chi connectivity index (χ1) is 14.9. The second-order valence-corrected chi connectivity index (χ2v) is 9.65. The fourth-order valence-electron chi connectivity index (χ4n) is 3.62. The van der Waals surface area contributed by atoms with E-state index in [1.54, 1.807) is 29.6 Å². The molecule has 1 aliphatic rings. The van der Waals surface area contributed by atoms with Crippen LogP contribution in [0, 0.1) is 5.82 Å². The smallest absolute Gasteiger partial charge is 0.269 e. The Kier molecular flexibility index (Phi) is 4.49. The van der Waals surface area contributed by atoms with Gasteiger partial charge >= 0.3 is 0 Å². The molecule has 2 aromatic heterocycles. The maximum atomic E-state index is 13.3. The van der Waals surface area contributed by atoms with E-state index >= 15 is 0 Å². The molecule has 1 aliphatic heterocycles. The van der Waals surface area contributed by atoms with E-state index in [1.807, 2.05) is 0 Å². The summed E-state index contributed by atoms with van der Waals surface area (Å²) in [7, 11) is -3.95. The Hall–Kier alpha value is -3.37. The summed E-state index contributed by atoms with van der Waals surface area (Å²) in [5, 5.41) is 2.15. The van der Waals surface area contributed by atoms with Crippen molar-refractivity contribution < 1.29 is 17.6 Å². The number of benzene rings is 2. The molecule has 5 rings (SSSR count). The van der Waals surface area contributed by atoms with Gasteiger partial charge in [0.2, 0.25) is 0 Å². The van der Waals surface area contributed by atoms with E-state index in [-0.39, 0.29) is 34.9 Å². The van der Waals surface area contributed by atoms with Crippen LogP contribution in [0.15, 0.2) is 69.9 Å². The average Bonchev–Trinajstić information content (AvgIpc) is 3.27. The number of sulfonamides is 1. The molecule has 0 bridgehead atoms. The van der Waals surface area contributed by atoms with Crippen molar-refractivity contribution in [2.45, 2.75) is 11.4 Å². The highest BCUT2D eigenvalue weighted by molar-refractivity contribution is 7.90. The zero-order valence-electron chi connectivity index (χ0n) is 15.9. The van der Waals surface area contributed by atoms with E-state index in [4.69, 9.17) is 0 Å². The number of thiophene rings is 1. The number of halogens is 1. The predicted octanol–water partition coefficient (Wildman–Crippen LogP) is 3.11. The molecule has 0 radical (unpaired) electrons. The fourth-order valence-corrected chi connectivity index (χ4v) is 6.09. The summed E-state index contributed by atoms with van der Waals surface area (Å²) in [4.78, 5) is 30.5. The van der Waals surface area contributed by atoms with E-state index in [2.05, 4.69) is 4.98 Å². The third-order valence-electron chi connectivity index (χ3n) is 5.17. The molecular formula is C21H14FN3O4S2. The van der Waals surface area contributed by atoms with Gasteiger partial charge in [0, 0.05) is 17.5 Å². The zero-order chi connectivity index (χ0) is 21.8. The number of carbonyl (C=O) groups is 1. The van der Waals surface area contributed by atoms with Crippen LogP contribution in [-0.4, -0.2) is 34.7 Å². The van der Waals surface area contributed by atoms with Crippen LogP contribution in [0.25, 0.3) is 21.3 Å². The van der Waals surface area contributed by atoms with E-state index in [0.717, 1.165) is 4.31 Å². The Bertz CT molecular complexity index is 1510. The monoisotopic (exact) mass is 455 g/mol. The standard InChI is InChI=1S/C21H14FN3O4S2/c22-14-7-5-13(6-8-14)16-11-30-19-18(16)21(27)24(12-23-19)9-10-25-20(26)15-3-1-2-4-17(15)31(25,28)29/h1-8,11-12H,9-10H2. The molecule has 7 nitrogen and oxygen atoms in total. The Morgan fingerprint density at radius 3 is 2.45 bits per heavy atom. The molecule has 10 heteroatoms. The molecule has 3 heterocycles. The highest BCUT2D eigenvalue weighted by Gasteiger charge is 2.40. The molecule has 0 fully saturated rings. The number of amides is 1. The Morgan fingerprint density at radius 1 is 0.968 bits per heavy atom. The van der Waals surface area contributed by atoms with Gasteiger partial charge in [-0.3, -0.25) is 14.2 Å². The molecular weight excluding hydrogens is 441 g/mol. The second-order valence-electron chi connectivity index (χ2n) is 6.96. The Labute approximate surface area is 180 Å². The minimum atomic E-state index is -3.95. The number of hydrogen-bond acceptors (Lipinski definition) is 6. The number of aromatic nitrogens is 2. The van der Waals surface area contributed by atoms with Crippen molar-refractivity contribution in [1.82, 2.24) is 13.9 Å². The van der Waals surface area contributed by atoms with Crippen LogP contribution >= 0.6 is 11.3 Å². The highest BCUT2D eigenvalue weighted by Crippen LogP contribution is 2.31. The van der Waals surface area contributed by atoms with Crippen LogP contribution in [0.5, 0.6) is 0 Å². The first kappa shape index (κ1) is 19.6. The lowest BCUT2D eigenvalue weighted by molar-refractivity contribution is 0.0868. The number of rotatable bonds is 4. The lowest BCUT2D eigenvalue weighted by Crippen LogP contribution is -2.35. The third kappa shape index (κ3) is 3.06. The normalized spacial score (nSPS) is 14.9. The fraction of sp³-hybridized carbons (Fsp3) is 0.0952. The van der Waals surface area contributed by atoms with Crippen LogP contribution in [0.4, 0.5) is 4.39 Å². The molecule has 0 N–H and O–H groups in total. The molecule has 0 unspecified atom stereocenters. The summed E-state index contributed by atoms with van der Waals surface area (Å²) in [5.41, 5.74) is 1.08. The summed E-state index contributed by atoms with van der Waals surface area (Å²) in [6.45, 7) is -0.238. The molecule has 0 saturated carbocycles. The molecule has 0 saturated heterocycles. The van der Waals surface area contributed by atoms with Gasteiger partial charge in [0.05, 0.1) is 23.8 Å². The third-order valence-corrected chi connectivity index (χ3v) is 7.90. The van der Waals surface area contributed by atoms with Crippen LogP contribution in [-0.2, 0) is 16.6 Å². The van der Waals surface area contributed by atoms with Crippen molar-refractivity contribution in [3.05, 3.63) is 82.0 Å². The van der Waals surface area contributed by atoms with Gasteiger partial charge in [0.15, 0.2) is 0 Å². The zero-order valence-corrected chi connectivity index (χ0v) is 17.5. The van der Waals surface area contributed by atoms with Crippen molar-refractivity contribution in [2.75, 3.05) is 6.54 Å². The minimum Gasteiger partial charge on any atom is -0.297 e. The summed E-state index contributed by atoms with van der Waals surface area (Å²) in [6, 6.07) is 11.8. The Morgan fingerprint density at radius 2 is 1.71 bits per heavy atom. The molecule has 31 heavy (non-hydrogen) atoms. The molecule has 156 valence electrons. The van der Waals surface area contributed by atoms with Crippen LogP contribution in [0.1, 0.15) is 10.4 Å². The van der Waals surface area contributed by atoms with E-state index in [1.165, 1.54) is 46.5 Å². The quantitative estimate of drug-likeness (QED) is 0.472. The van der Waals surface area contributed by atoms with Gasteiger partial charge in [-0.15, -0.1) is 11.3 Å². The molecule has 1 amide bonds. The summed E-state index contributed by atoms with van der Waals surface area (Å²) in [6.07, 6.45) is 1.34. The van der Waals surface area contributed by atoms with Crippen molar-refractivity contribution in [3.63, 3.8) is 0 Å². The average molecular weight is 455 g/mol. The maximum Gasteiger partial charge on any atom is 0.269 e. The summed E-state index contributed by atoms with van der Waals surface area (Å²) in [5.74, 6) is -0.989. The summed E-state index contributed by atoms with van der Waals surface area (Å²) < 4.78 is 40.8. The van der Waals surface area contributed by atoms with Gasteiger partial charge in [0.1, 0.15) is 15.5 Å².